The van der Waals surface area contributed by atoms with Gasteiger partial charge in [-0.15, -0.1) is 11.3 Å². The first-order chi connectivity index (χ1) is 14.1. The quantitative estimate of drug-likeness (QED) is 0.668. The second-order valence-electron chi connectivity index (χ2n) is 6.98. The number of hydrogen-bond acceptors (Lipinski definition) is 7. The maximum Gasteiger partial charge on any atom is 0.269 e. The zero-order chi connectivity index (χ0) is 20.2. The van der Waals surface area contributed by atoms with Gasteiger partial charge in [-0.3, -0.25) is 14.5 Å². The minimum absolute atomic E-state index is 0.0618. The summed E-state index contributed by atoms with van der Waals surface area (Å²) in [5, 5.41) is 9.60. The van der Waals surface area contributed by atoms with E-state index in [0.29, 0.717) is 17.5 Å². The van der Waals surface area contributed by atoms with E-state index in [2.05, 4.69) is 20.4 Å². The monoisotopic (exact) mass is 413 g/mol. The SMILES string of the molecule is COc1cncc(OC2CCC(NC(=O)c3cc(-c4cccs4)nn3C)CC2)n1. The number of carbonyl (C=O) groups excluding carboxylic acids is 1. The highest BCUT2D eigenvalue weighted by atomic mass is 32.1. The highest BCUT2D eigenvalue weighted by Crippen LogP contribution is 2.25. The first kappa shape index (κ1) is 19.4. The molecule has 4 rings (SSSR count). The zero-order valence-corrected chi connectivity index (χ0v) is 17.2. The van der Waals surface area contributed by atoms with Crippen LogP contribution in [0.2, 0.25) is 0 Å². The lowest BCUT2D eigenvalue weighted by Crippen LogP contribution is -2.40. The third-order valence-corrected chi connectivity index (χ3v) is 5.87. The molecule has 1 aliphatic rings. The Bertz CT molecular complexity index is 964. The van der Waals surface area contributed by atoms with Gasteiger partial charge in [-0.1, -0.05) is 6.07 Å². The van der Waals surface area contributed by atoms with E-state index in [9.17, 15) is 4.79 Å². The van der Waals surface area contributed by atoms with E-state index in [-0.39, 0.29) is 18.1 Å². The van der Waals surface area contributed by atoms with Crippen LogP contribution in [0, 0.1) is 0 Å². The Kier molecular flexibility index (Phi) is 5.75. The van der Waals surface area contributed by atoms with Gasteiger partial charge in [-0.05, 0) is 43.2 Å². The van der Waals surface area contributed by atoms with Crippen molar-refractivity contribution in [2.75, 3.05) is 7.11 Å². The van der Waals surface area contributed by atoms with Crippen LogP contribution >= 0.6 is 11.3 Å². The van der Waals surface area contributed by atoms with Crippen molar-refractivity contribution < 1.29 is 14.3 Å². The molecular formula is C20H23N5O3S. The lowest BCUT2D eigenvalue weighted by molar-refractivity contribution is 0.0880. The molecule has 3 heterocycles. The molecule has 1 fully saturated rings. The lowest BCUT2D eigenvalue weighted by atomic mass is 9.93. The smallest absolute Gasteiger partial charge is 0.269 e. The highest BCUT2D eigenvalue weighted by molar-refractivity contribution is 7.13. The van der Waals surface area contributed by atoms with Crippen LogP contribution in [0.4, 0.5) is 0 Å². The van der Waals surface area contributed by atoms with Gasteiger partial charge < -0.3 is 14.8 Å². The number of ether oxygens (including phenoxy) is 2. The van der Waals surface area contributed by atoms with Crippen molar-refractivity contribution in [1.82, 2.24) is 25.1 Å². The molecule has 1 amide bonds. The Morgan fingerprint density at radius 2 is 2.03 bits per heavy atom. The zero-order valence-electron chi connectivity index (χ0n) is 16.4. The van der Waals surface area contributed by atoms with Crippen molar-refractivity contribution in [3.63, 3.8) is 0 Å². The summed E-state index contributed by atoms with van der Waals surface area (Å²) in [6.45, 7) is 0. The predicted octanol–water partition coefficient (Wildman–Crippen LogP) is 3.07. The number of aromatic nitrogens is 4. The number of rotatable bonds is 6. The van der Waals surface area contributed by atoms with E-state index in [1.165, 1.54) is 0 Å². The fourth-order valence-corrected chi connectivity index (χ4v) is 4.15. The fourth-order valence-electron chi connectivity index (χ4n) is 3.47. The molecule has 29 heavy (non-hydrogen) atoms. The number of methoxy groups -OCH3 is 1. The van der Waals surface area contributed by atoms with Gasteiger partial charge >= 0.3 is 0 Å². The first-order valence-electron chi connectivity index (χ1n) is 9.54. The third kappa shape index (κ3) is 4.56. The molecular weight excluding hydrogens is 390 g/mol. The van der Waals surface area contributed by atoms with Gasteiger partial charge in [0.05, 0.1) is 24.4 Å². The molecule has 152 valence electrons. The predicted molar refractivity (Wildman–Crippen MR) is 109 cm³/mol. The maximum atomic E-state index is 12.7. The molecule has 9 heteroatoms. The van der Waals surface area contributed by atoms with Crippen molar-refractivity contribution in [2.24, 2.45) is 7.05 Å². The number of nitrogens with zero attached hydrogens (tertiary/aromatic N) is 4. The number of nitrogens with one attached hydrogen (secondary N) is 1. The summed E-state index contributed by atoms with van der Waals surface area (Å²) < 4.78 is 12.6. The molecule has 1 N–H and O–H groups in total. The molecule has 0 aromatic carbocycles. The van der Waals surface area contributed by atoms with E-state index in [1.54, 1.807) is 42.6 Å². The van der Waals surface area contributed by atoms with Crippen LogP contribution in [0.3, 0.4) is 0 Å². The highest BCUT2D eigenvalue weighted by Gasteiger charge is 2.25. The standard InChI is InChI=1S/C20H23N5O3S/c1-25-16(10-15(24-25)17-4-3-9-29-17)20(26)22-13-5-7-14(8-6-13)28-19-12-21-11-18(23-19)27-2/h3-4,9-14H,5-8H2,1-2H3,(H,22,26). The summed E-state index contributed by atoms with van der Waals surface area (Å²) >= 11 is 1.61. The van der Waals surface area contributed by atoms with E-state index >= 15 is 0 Å². The summed E-state index contributed by atoms with van der Waals surface area (Å²) in [6, 6.07) is 5.95. The number of carbonyl (C=O) groups is 1. The largest absolute Gasteiger partial charge is 0.480 e. The average molecular weight is 414 g/mol. The average Bonchev–Trinajstić information content (AvgIpc) is 3.39. The van der Waals surface area contributed by atoms with Crippen LogP contribution < -0.4 is 14.8 Å². The molecule has 3 aromatic heterocycles. The molecule has 0 spiro atoms. The lowest BCUT2D eigenvalue weighted by Gasteiger charge is -2.29. The second kappa shape index (κ2) is 8.60. The third-order valence-electron chi connectivity index (χ3n) is 4.98. The molecule has 0 bridgehead atoms. The molecule has 0 radical (unpaired) electrons. The molecule has 8 nitrogen and oxygen atoms in total. The Balaban J connectivity index is 1.31. The van der Waals surface area contributed by atoms with Gasteiger partial charge in [0.25, 0.3) is 5.91 Å². The summed E-state index contributed by atoms with van der Waals surface area (Å²) in [5.74, 6) is 0.806. The summed E-state index contributed by atoms with van der Waals surface area (Å²) in [7, 11) is 3.35. The van der Waals surface area contributed by atoms with Crippen molar-refractivity contribution in [3.8, 4) is 22.3 Å². The topological polar surface area (TPSA) is 91.2 Å². The van der Waals surface area contributed by atoms with Crippen molar-refractivity contribution in [3.05, 3.63) is 41.7 Å². The van der Waals surface area contributed by atoms with Gasteiger partial charge in [0, 0.05) is 13.1 Å². The fraction of sp³-hybridized carbons (Fsp3) is 0.400. The van der Waals surface area contributed by atoms with E-state index in [0.717, 1.165) is 36.3 Å². The van der Waals surface area contributed by atoms with Crippen LogP contribution in [-0.2, 0) is 7.05 Å². The molecule has 1 aliphatic carbocycles. The van der Waals surface area contributed by atoms with E-state index < -0.39 is 0 Å². The minimum Gasteiger partial charge on any atom is -0.480 e. The molecule has 1 saturated carbocycles. The van der Waals surface area contributed by atoms with E-state index in [4.69, 9.17) is 9.47 Å². The molecule has 0 aliphatic heterocycles. The number of hydrogen-bond donors (Lipinski definition) is 1. The Morgan fingerprint density at radius 3 is 2.76 bits per heavy atom. The Hall–Kier alpha value is -2.94. The van der Waals surface area contributed by atoms with Gasteiger partial charge in [-0.2, -0.15) is 10.1 Å². The molecule has 3 aromatic rings. The number of amides is 1. The van der Waals surface area contributed by atoms with Crippen LogP contribution in [0.5, 0.6) is 11.8 Å². The molecule has 0 atom stereocenters. The Morgan fingerprint density at radius 1 is 1.24 bits per heavy atom. The summed E-state index contributed by atoms with van der Waals surface area (Å²) in [4.78, 5) is 22.1. The number of thiophene rings is 1. The normalized spacial score (nSPS) is 19.0. The Labute approximate surface area is 172 Å². The van der Waals surface area contributed by atoms with Crippen molar-refractivity contribution >= 4 is 17.2 Å². The minimum atomic E-state index is -0.0918. The maximum absolute atomic E-state index is 12.7. The summed E-state index contributed by atoms with van der Waals surface area (Å²) in [5.41, 5.74) is 1.39. The van der Waals surface area contributed by atoms with Gasteiger partial charge in [0.15, 0.2) is 0 Å². The van der Waals surface area contributed by atoms with Crippen LogP contribution in [-0.4, -0.2) is 44.9 Å². The van der Waals surface area contributed by atoms with Gasteiger partial charge in [0.2, 0.25) is 11.8 Å². The number of aryl methyl sites for hydroxylation is 1. The molecule has 0 saturated heterocycles. The molecule has 0 unspecified atom stereocenters. The van der Waals surface area contributed by atoms with Gasteiger partial charge in [0.1, 0.15) is 17.5 Å². The van der Waals surface area contributed by atoms with Crippen LogP contribution in [0.15, 0.2) is 36.0 Å². The van der Waals surface area contributed by atoms with Crippen LogP contribution in [0.1, 0.15) is 36.2 Å². The first-order valence-corrected chi connectivity index (χ1v) is 10.4. The van der Waals surface area contributed by atoms with Crippen molar-refractivity contribution in [2.45, 2.75) is 37.8 Å². The van der Waals surface area contributed by atoms with Crippen molar-refractivity contribution in [1.29, 1.82) is 0 Å². The summed E-state index contributed by atoms with van der Waals surface area (Å²) in [6.07, 6.45) is 6.58. The van der Waals surface area contributed by atoms with E-state index in [1.807, 2.05) is 23.6 Å². The van der Waals surface area contributed by atoms with Gasteiger partial charge in [-0.25, -0.2) is 0 Å². The second-order valence-corrected chi connectivity index (χ2v) is 7.93. The van der Waals surface area contributed by atoms with Crippen LogP contribution in [0.25, 0.3) is 10.6 Å².